The summed E-state index contributed by atoms with van der Waals surface area (Å²) in [4.78, 5) is 36.6. The number of aliphatic imine (C=N–C) groups is 2. The van der Waals surface area contributed by atoms with Crippen molar-refractivity contribution in [1.29, 1.82) is 0 Å². The number of hydrogen-bond acceptors (Lipinski definition) is 5. The lowest BCUT2D eigenvalue weighted by molar-refractivity contribution is -0.118. The maximum Gasteiger partial charge on any atom is 0.261 e. The molecule has 0 bridgehead atoms. The molecular formula is C26H24ClN3O4. The number of benzene rings is 2. The second kappa shape index (κ2) is 10.5. The molecule has 0 saturated heterocycles. The minimum atomic E-state index is -0.471. The summed E-state index contributed by atoms with van der Waals surface area (Å²) in [7, 11) is 3.01. The van der Waals surface area contributed by atoms with Crippen LogP contribution in [0.15, 0.2) is 76.8 Å². The number of amidine groups is 1. The molecule has 1 aliphatic carbocycles. The lowest BCUT2D eigenvalue weighted by Crippen LogP contribution is -2.39. The molecule has 1 heterocycles. The molecule has 7 nitrogen and oxygen atoms in total. The van der Waals surface area contributed by atoms with Crippen molar-refractivity contribution in [2.24, 2.45) is 15.9 Å². The van der Waals surface area contributed by atoms with Gasteiger partial charge in [0.05, 0.1) is 26.5 Å². The molecular weight excluding hydrogens is 454 g/mol. The van der Waals surface area contributed by atoms with Crippen molar-refractivity contribution in [2.45, 2.75) is 6.42 Å². The van der Waals surface area contributed by atoms with Crippen LogP contribution in [0.4, 0.5) is 0 Å². The highest BCUT2D eigenvalue weighted by Crippen LogP contribution is 2.30. The van der Waals surface area contributed by atoms with Crippen LogP contribution >= 0.6 is 11.6 Å². The van der Waals surface area contributed by atoms with Crippen molar-refractivity contribution in [3.8, 4) is 11.5 Å². The van der Waals surface area contributed by atoms with Gasteiger partial charge in [-0.1, -0.05) is 48.0 Å². The average Bonchev–Trinajstić information content (AvgIpc) is 2.86. The van der Waals surface area contributed by atoms with Gasteiger partial charge in [-0.3, -0.25) is 9.59 Å². The lowest BCUT2D eigenvalue weighted by Gasteiger charge is -2.26. The van der Waals surface area contributed by atoms with Crippen molar-refractivity contribution >= 4 is 35.0 Å². The Balaban J connectivity index is 1.65. The highest BCUT2D eigenvalue weighted by atomic mass is 35.5. The van der Waals surface area contributed by atoms with Crippen molar-refractivity contribution < 1.29 is 19.1 Å². The number of carbonyl (C=O) groups is 2. The van der Waals surface area contributed by atoms with Crippen molar-refractivity contribution in [2.75, 3.05) is 27.3 Å². The molecule has 2 aromatic rings. The molecule has 2 aromatic carbocycles. The van der Waals surface area contributed by atoms with Gasteiger partial charge in [0.2, 0.25) is 0 Å². The van der Waals surface area contributed by atoms with Gasteiger partial charge in [0, 0.05) is 11.6 Å². The number of methoxy groups -OCH3 is 2. The van der Waals surface area contributed by atoms with E-state index < -0.39 is 5.92 Å². The normalized spacial score (nSPS) is 16.4. The van der Waals surface area contributed by atoms with Crippen molar-refractivity contribution in [3.63, 3.8) is 0 Å². The summed E-state index contributed by atoms with van der Waals surface area (Å²) in [5.74, 6) is 0.0136. The number of amides is 2. The Hall–Kier alpha value is -3.71. The summed E-state index contributed by atoms with van der Waals surface area (Å²) in [6, 6.07) is 12.6. The molecule has 0 aromatic heterocycles. The number of hydrogen-bond donors (Lipinski definition) is 0. The van der Waals surface area contributed by atoms with Crippen LogP contribution in [0.3, 0.4) is 0 Å². The van der Waals surface area contributed by atoms with Gasteiger partial charge < -0.3 is 14.4 Å². The second-order valence-electron chi connectivity index (χ2n) is 7.77. The molecule has 1 unspecified atom stereocenters. The van der Waals surface area contributed by atoms with Crippen LogP contribution in [0.5, 0.6) is 11.5 Å². The highest BCUT2D eigenvalue weighted by molar-refractivity contribution is 6.30. The van der Waals surface area contributed by atoms with Crippen molar-refractivity contribution in [3.05, 3.63) is 82.9 Å². The summed E-state index contributed by atoms with van der Waals surface area (Å²) in [6.07, 6.45) is 7.76. The standard InChI is InChI=1S/C26H24ClN3O4/c1-33-21-8-5-9-22(34-2)24(21)26(32)30(15-14-17-10-12-18(27)13-11-17)16-23-28-20-7-4-3-6-19(20)25(31)29-23/h3-13,19H,14-16H2,1-2H3. The summed E-state index contributed by atoms with van der Waals surface area (Å²) < 4.78 is 10.9. The molecule has 8 heteroatoms. The number of carbonyl (C=O) groups excluding carboxylic acids is 2. The number of fused-ring (bicyclic) bond motifs is 1. The number of rotatable bonds is 8. The zero-order chi connectivity index (χ0) is 24.1. The second-order valence-corrected chi connectivity index (χ2v) is 8.20. The third-order valence-electron chi connectivity index (χ3n) is 5.61. The smallest absolute Gasteiger partial charge is 0.261 e. The molecule has 0 spiro atoms. The van der Waals surface area contributed by atoms with Gasteiger partial charge in [-0.25, -0.2) is 4.99 Å². The van der Waals surface area contributed by atoms with Gasteiger partial charge >= 0.3 is 0 Å². The highest BCUT2D eigenvalue weighted by Gasteiger charge is 2.29. The van der Waals surface area contributed by atoms with E-state index in [-0.39, 0.29) is 24.2 Å². The first-order chi connectivity index (χ1) is 16.5. The Morgan fingerprint density at radius 1 is 1.03 bits per heavy atom. The Kier molecular flexibility index (Phi) is 7.23. The summed E-state index contributed by atoms with van der Waals surface area (Å²) in [6.45, 7) is 0.423. The van der Waals surface area contributed by atoms with Crippen LogP contribution < -0.4 is 9.47 Å². The third-order valence-corrected chi connectivity index (χ3v) is 5.86. The maximum atomic E-state index is 13.7. The van der Waals surface area contributed by atoms with Crippen LogP contribution in [0.2, 0.25) is 5.02 Å². The van der Waals surface area contributed by atoms with Crippen LogP contribution in [0, 0.1) is 5.92 Å². The van der Waals surface area contributed by atoms with Crippen LogP contribution in [-0.4, -0.2) is 55.6 Å². The van der Waals surface area contributed by atoms with E-state index in [9.17, 15) is 9.59 Å². The first-order valence-corrected chi connectivity index (χ1v) is 11.2. The fourth-order valence-electron chi connectivity index (χ4n) is 3.85. The zero-order valence-electron chi connectivity index (χ0n) is 18.9. The Labute approximate surface area is 203 Å². The van der Waals surface area contributed by atoms with Gasteiger partial charge in [-0.15, -0.1) is 0 Å². The van der Waals surface area contributed by atoms with E-state index in [1.165, 1.54) is 14.2 Å². The minimum absolute atomic E-state index is 0.0626. The number of allylic oxidation sites excluding steroid dienone is 3. The van der Waals surface area contributed by atoms with Gasteiger partial charge in [0.1, 0.15) is 23.0 Å². The lowest BCUT2D eigenvalue weighted by atomic mass is 9.96. The maximum absolute atomic E-state index is 13.7. The predicted octanol–water partition coefficient (Wildman–Crippen LogP) is 4.16. The molecule has 0 radical (unpaired) electrons. The fraction of sp³-hybridized carbons (Fsp3) is 0.231. The van der Waals surface area contributed by atoms with E-state index in [4.69, 9.17) is 21.1 Å². The van der Waals surface area contributed by atoms with Gasteiger partial charge in [-0.05, 0) is 42.3 Å². The molecule has 0 fully saturated rings. The van der Waals surface area contributed by atoms with E-state index in [1.54, 1.807) is 41.3 Å². The molecule has 0 saturated carbocycles. The summed E-state index contributed by atoms with van der Waals surface area (Å²) >= 11 is 6.01. The van der Waals surface area contributed by atoms with E-state index in [0.717, 1.165) is 5.56 Å². The molecule has 2 aliphatic rings. The molecule has 4 rings (SSSR count). The first kappa shape index (κ1) is 23.4. The Morgan fingerprint density at radius 3 is 2.41 bits per heavy atom. The Morgan fingerprint density at radius 2 is 1.74 bits per heavy atom. The predicted molar refractivity (Wildman–Crippen MR) is 132 cm³/mol. The molecule has 2 amide bonds. The van der Waals surface area contributed by atoms with E-state index >= 15 is 0 Å². The quantitative estimate of drug-likeness (QED) is 0.571. The van der Waals surface area contributed by atoms with E-state index in [1.807, 2.05) is 30.3 Å². The molecule has 0 N–H and O–H groups in total. The molecule has 1 aliphatic heterocycles. The zero-order valence-corrected chi connectivity index (χ0v) is 19.7. The van der Waals surface area contributed by atoms with Gasteiger partial charge in [-0.2, -0.15) is 4.99 Å². The largest absolute Gasteiger partial charge is 0.496 e. The number of ether oxygens (including phenoxy) is 2. The number of halogens is 1. The van der Waals surface area contributed by atoms with Crippen molar-refractivity contribution in [1.82, 2.24) is 4.90 Å². The van der Waals surface area contributed by atoms with Crippen LogP contribution in [0.25, 0.3) is 0 Å². The third kappa shape index (κ3) is 5.10. The van der Waals surface area contributed by atoms with Gasteiger partial charge in [0.15, 0.2) is 5.84 Å². The first-order valence-electron chi connectivity index (χ1n) is 10.8. The van der Waals surface area contributed by atoms with E-state index in [0.29, 0.717) is 40.8 Å². The topological polar surface area (TPSA) is 80.6 Å². The molecule has 34 heavy (non-hydrogen) atoms. The van der Waals surface area contributed by atoms with Crippen LogP contribution in [-0.2, 0) is 11.2 Å². The Bertz CT molecular complexity index is 1190. The SMILES string of the molecule is COc1cccc(OC)c1C(=O)N(CCc1ccc(Cl)cc1)CC1=NC(=O)C2C=CC=CC2=N1. The monoisotopic (exact) mass is 477 g/mol. The molecule has 1 atom stereocenters. The summed E-state index contributed by atoms with van der Waals surface area (Å²) in [5, 5.41) is 0.644. The van der Waals surface area contributed by atoms with E-state index in [2.05, 4.69) is 9.98 Å². The average molecular weight is 478 g/mol. The summed E-state index contributed by atoms with van der Waals surface area (Å²) in [5.41, 5.74) is 1.94. The minimum Gasteiger partial charge on any atom is -0.496 e. The fourth-order valence-corrected chi connectivity index (χ4v) is 3.97. The van der Waals surface area contributed by atoms with Crippen LogP contribution in [0.1, 0.15) is 15.9 Å². The number of nitrogens with zero attached hydrogens (tertiary/aromatic N) is 3. The van der Waals surface area contributed by atoms with Gasteiger partial charge in [0.25, 0.3) is 11.8 Å². The molecule has 174 valence electrons.